The van der Waals surface area contributed by atoms with E-state index in [0.717, 1.165) is 4.90 Å². The van der Waals surface area contributed by atoms with Gasteiger partial charge in [-0.3, -0.25) is 38.6 Å². The Bertz CT molecular complexity index is 1080. The summed E-state index contributed by atoms with van der Waals surface area (Å²) in [5.41, 5.74) is 0.909. The molecular formula is C25H22F2N2O7. The van der Waals surface area contributed by atoms with Crippen molar-refractivity contribution in [3.05, 3.63) is 70.8 Å². The second-order valence-electron chi connectivity index (χ2n) is 8.17. The average molecular weight is 500 g/mol. The van der Waals surface area contributed by atoms with Crippen LogP contribution in [0.25, 0.3) is 0 Å². The van der Waals surface area contributed by atoms with E-state index in [-0.39, 0.29) is 34.5 Å². The highest BCUT2D eigenvalue weighted by Gasteiger charge is 2.41. The molecule has 4 rings (SSSR count). The number of Topliss-reactive ketones (excluding diaryl/α,β-unsaturated/α-hetero) is 1. The fourth-order valence-electron chi connectivity index (χ4n) is 4.04. The number of nitrogens with zero attached hydrogens (tertiary/aromatic N) is 2. The molecule has 2 aromatic carbocycles. The van der Waals surface area contributed by atoms with Crippen molar-refractivity contribution < 1.29 is 42.7 Å². The van der Waals surface area contributed by atoms with Gasteiger partial charge in [0.05, 0.1) is 40.8 Å². The monoisotopic (exact) mass is 500 g/mol. The fraction of sp³-hybridized carbons (Fsp3) is 0.280. The summed E-state index contributed by atoms with van der Waals surface area (Å²) < 4.78 is 25.8. The number of benzene rings is 2. The number of aliphatic carboxylic acids is 1. The lowest BCUT2D eigenvalue weighted by atomic mass is 10.1. The van der Waals surface area contributed by atoms with Crippen molar-refractivity contribution in [2.24, 2.45) is 0 Å². The first-order valence-corrected chi connectivity index (χ1v) is 10.9. The third-order valence-corrected chi connectivity index (χ3v) is 5.67. The Hall–Kier alpha value is -4.28. The number of imide groups is 2. The smallest absolute Gasteiger partial charge is 0.305 e. The lowest BCUT2D eigenvalue weighted by molar-refractivity contribution is -0.138. The molecule has 0 saturated carbocycles. The van der Waals surface area contributed by atoms with Crippen LogP contribution in [0.1, 0.15) is 61.2 Å². The van der Waals surface area contributed by atoms with Gasteiger partial charge in [0.1, 0.15) is 19.1 Å². The third kappa shape index (κ3) is 5.04. The molecule has 36 heavy (non-hydrogen) atoms. The molecule has 2 aliphatic rings. The number of fused-ring (bicyclic) bond motifs is 2. The molecule has 0 saturated heterocycles. The van der Waals surface area contributed by atoms with Crippen LogP contribution >= 0.6 is 0 Å². The molecule has 0 bridgehead atoms. The van der Waals surface area contributed by atoms with E-state index in [1.807, 2.05) is 0 Å². The van der Waals surface area contributed by atoms with Crippen molar-refractivity contribution in [2.45, 2.75) is 31.8 Å². The van der Waals surface area contributed by atoms with Crippen molar-refractivity contribution in [3.8, 4) is 0 Å². The first-order valence-electron chi connectivity index (χ1n) is 10.9. The van der Waals surface area contributed by atoms with E-state index in [1.54, 1.807) is 24.3 Å². The number of carboxylic acid groups (broad SMARTS) is 1. The van der Waals surface area contributed by atoms with E-state index in [2.05, 4.69) is 0 Å². The number of halogens is 2. The van der Waals surface area contributed by atoms with Gasteiger partial charge in [0, 0.05) is 6.42 Å². The Kier molecular flexibility index (Phi) is 8.03. The van der Waals surface area contributed by atoms with Gasteiger partial charge in [-0.05, 0) is 31.2 Å². The molecule has 2 aromatic rings. The molecule has 0 aliphatic carbocycles. The molecule has 9 nitrogen and oxygen atoms in total. The van der Waals surface area contributed by atoms with Gasteiger partial charge in [0.15, 0.2) is 0 Å². The summed E-state index contributed by atoms with van der Waals surface area (Å²) in [6.45, 7) is -0.677. The number of hydrogen-bond acceptors (Lipinski definition) is 6. The fourth-order valence-corrected chi connectivity index (χ4v) is 4.04. The van der Waals surface area contributed by atoms with Crippen LogP contribution in [0.2, 0.25) is 0 Å². The van der Waals surface area contributed by atoms with Gasteiger partial charge in [-0.2, -0.15) is 0 Å². The molecule has 0 fully saturated rings. The molecule has 11 heteroatoms. The van der Waals surface area contributed by atoms with Gasteiger partial charge in [-0.25, -0.2) is 8.78 Å². The third-order valence-electron chi connectivity index (χ3n) is 5.67. The number of carbonyl (C=O) groups excluding carboxylic acids is 5. The van der Waals surface area contributed by atoms with Crippen LogP contribution < -0.4 is 0 Å². The molecule has 2 atom stereocenters. The highest BCUT2D eigenvalue weighted by Crippen LogP contribution is 2.27. The molecule has 188 valence electrons. The minimum Gasteiger partial charge on any atom is -0.481 e. The zero-order valence-corrected chi connectivity index (χ0v) is 19.1. The van der Waals surface area contributed by atoms with Crippen molar-refractivity contribution in [1.29, 1.82) is 0 Å². The topological polar surface area (TPSA) is 129 Å². The second kappa shape index (κ2) is 11.0. The van der Waals surface area contributed by atoms with Crippen LogP contribution in [-0.2, 0) is 9.59 Å². The highest BCUT2D eigenvalue weighted by atomic mass is 19.1. The van der Waals surface area contributed by atoms with Crippen molar-refractivity contribution in [1.82, 2.24) is 9.80 Å². The predicted octanol–water partition coefficient (Wildman–Crippen LogP) is 2.70. The van der Waals surface area contributed by atoms with Crippen LogP contribution in [0, 0.1) is 0 Å². The number of amides is 4. The maximum Gasteiger partial charge on any atom is 0.305 e. The molecule has 4 amide bonds. The van der Waals surface area contributed by atoms with Crippen molar-refractivity contribution in [2.75, 3.05) is 13.3 Å². The zero-order valence-electron chi connectivity index (χ0n) is 19.1. The van der Waals surface area contributed by atoms with Crippen LogP contribution in [-0.4, -0.2) is 75.7 Å². The van der Waals surface area contributed by atoms with E-state index in [9.17, 15) is 37.5 Å². The first-order chi connectivity index (χ1) is 17.1. The first kappa shape index (κ1) is 26.3. The average Bonchev–Trinajstić information content (AvgIpc) is 3.26. The van der Waals surface area contributed by atoms with Gasteiger partial charge in [-0.15, -0.1) is 0 Å². The maximum absolute atomic E-state index is 12.9. The quantitative estimate of drug-likeness (QED) is 0.552. The zero-order chi connectivity index (χ0) is 26.6. The van der Waals surface area contributed by atoms with Crippen molar-refractivity contribution >= 4 is 35.4 Å². The van der Waals surface area contributed by atoms with Gasteiger partial charge >= 0.3 is 5.97 Å². The summed E-state index contributed by atoms with van der Waals surface area (Å²) in [4.78, 5) is 71.1. The SMILES string of the molecule is CC(=O)C[C@@H](CF)N1C(=O)c2ccccc2C1=O.O=C(O)C[C@@H](CF)N1C(=O)c2ccccc2C1=O. The van der Waals surface area contributed by atoms with Crippen LogP contribution in [0.4, 0.5) is 8.78 Å². The molecule has 0 unspecified atom stereocenters. The Balaban J connectivity index is 0.000000201. The number of alkyl halides is 2. The predicted molar refractivity (Wildman–Crippen MR) is 121 cm³/mol. The normalized spacial score (nSPS) is 15.8. The summed E-state index contributed by atoms with van der Waals surface area (Å²) in [5, 5.41) is 8.65. The van der Waals surface area contributed by atoms with E-state index in [4.69, 9.17) is 5.11 Å². The Labute approximate surface area is 204 Å². The van der Waals surface area contributed by atoms with Crippen LogP contribution in [0.15, 0.2) is 48.5 Å². The van der Waals surface area contributed by atoms with Gasteiger partial charge in [-0.1, -0.05) is 24.3 Å². The number of rotatable bonds is 8. The molecule has 0 aromatic heterocycles. The number of carboxylic acids is 1. The van der Waals surface area contributed by atoms with E-state index >= 15 is 0 Å². The lowest BCUT2D eigenvalue weighted by Gasteiger charge is -2.22. The largest absolute Gasteiger partial charge is 0.481 e. The molecule has 0 spiro atoms. The van der Waals surface area contributed by atoms with Crippen molar-refractivity contribution in [3.63, 3.8) is 0 Å². The van der Waals surface area contributed by atoms with Gasteiger partial charge in [0.25, 0.3) is 23.6 Å². The van der Waals surface area contributed by atoms with E-state index in [0.29, 0.717) is 4.90 Å². The minimum absolute atomic E-state index is 0.151. The summed E-state index contributed by atoms with van der Waals surface area (Å²) in [6.07, 6.45) is -0.746. The summed E-state index contributed by atoms with van der Waals surface area (Å²) in [7, 11) is 0. The van der Waals surface area contributed by atoms with E-state index < -0.39 is 61.5 Å². The summed E-state index contributed by atoms with van der Waals surface area (Å²) in [5.74, 6) is -3.85. The number of carbonyl (C=O) groups is 6. The van der Waals surface area contributed by atoms with Gasteiger partial charge < -0.3 is 5.11 Å². The summed E-state index contributed by atoms with van der Waals surface area (Å²) >= 11 is 0. The Morgan fingerprint density at radius 2 is 1.00 bits per heavy atom. The Morgan fingerprint density at radius 3 is 1.25 bits per heavy atom. The molecule has 2 aliphatic heterocycles. The van der Waals surface area contributed by atoms with Crippen LogP contribution in [0.5, 0.6) is 0 Å². The Morgan fingerprint density at radius 1 is 0.694 bits per heavy atom. The molecule has 0 radical (unpaired) electrons. The second-order valence-corrected chi connectivity index (χ2v) is 8.17. The van der Waals surface area contributed by atoms with E-state index in [1.165, 1.54) is 31.2 Å². The molecule has 2 heterocycles. The van der Waals surface area contributed by atoms with Crippen LogP contribution in [0.3, 0.4) is 0 Å². The molecule has 1 N–H and O–H groups in total. The number of hydrogen-bond donors (Lipinski definition) is 1. The van der Waals surface area contributed by atoms with Gasteiger partial charge in [0.2, 0.25) is 0 Å². The highest BCUT2D eigenvalue weighted by molar-refractivity contribution is 6.22. The maximum atomic E-state index is 12.9. The molecular weight excluding hydrogens is 478 g/mol. The lowest BCUT2D eigenvalue weighted by Crippen LogP contribution is -2.42. The summed E-state index contributed by atoms with van der Waals surface area (Å²) in [6, 6.07) is 10.2. The minimum atomic E-state index is -1.26. The number of ketones is 1. The standard InChI is InChI=1S/C13H12FNO3.C12H10FNO4/c1-8(16)6-9(7-14)15-12(17)10-4-2-3-5-11(10)13(15)18;13-6-7(5-10(15)16)14-11(17)8-3-1-2-4-9(8)12(14)18/h2-5,9H,6-7H2,1H3;1-4,7H,5-6H2,(H,15,16)/t9-;7-/m00/s1.